The average molecular weight is 345 g/mol. The number of amides is 1. The molecule has 4 heteroatoms. The van der Waals surface area contributed by atoms with Crippen molar-refractivity contribution >= 4 is 40.1 Å². The van der Waals surface area contributed by atoms with E-state index in [2.05, 4.69) is 4.74 Å². The lowest BCUT2D eigenvalue weighted by Gasteiger charge is -2.23. The van der Waals surface area contributed by atoms with Gasteiger partial charge in [0, 0.05) is 24.1 Å². The number of methoxy groups -OCH3 is 1. The number of carbonyl (C=O) groups is 2. The number of carbonyl (C=O) groups excluding carboxylic acids is 2. The molecule has 0 aromatic heterocycles. The van der Waals surface area contributed by atoms with E-state index in [4.69, 9.17) is 0 Å². The minimum Gasteiger partial charge on any atom is -0.466 e. The molecular formula is C22H19NO3. The number of anilines is 2. The molecule has 0 N–H and O–H groups in total. The van der Waals surface area contributed by atoms with Gasteiger partial charge < -0.3 is 4.74 Å². The molecule has 0 saturated carbocycles. The van der Waals surface area contributed by atoms with Crippen molar-refractivity contribution in [2.24, 2.45) is 0 Å². The molecule has 0 fully saturated rings. The van der Waals surface area contributed by atoms with Crippen LogP contribution in [0.3, 0.4) is 0 Å². The summed E-state index contributed by atoms with van der Waals surface area (Å²) in [5.41, 5.74) is 2.46. The Bertz CT molecular complexity index is 969. The predicted octanol–water partition coefficient (Wildman–Crippen LogP) is 4.71. The molecule has 3 aromatic carbocycles. The first kappa shape index (κ1) is 17.4. The fourth-order valence-corrected chi connectivity index (χ4v) is 2.86. The zero-order chi connectivity index (χ0) is 18.5. The SMILES string of the molecule is COC(=O)C=Cc1ccc(N(C(C)=O)c2cccc3ccccc23)cc1. The van der Waals surface area contributed by atoms with Crippen molar-refractivity contribution < 1.29 is 14.3 Å². The molecule has 0 bridgehead atoms. The Morgan fingerprint density at radius 1 is 0.923 bits per heavy atom. The van der Waals surface area contributed by atoms with Crippen LogP contribution < -0.4 is 4.90 Å². The maximum Gasteiger partial charge on any atom is 0.330 e. The van der Waals surface area contributed by atoms with E-state index in [9.17, 15) is 9.59 Å². The van der Waals surface area contributed by atoms with E-state index < -0.39 is 5.97 Å². The van der Waals surface area contributed by atoms with Crippen molar-refractivity contribution in [3.63, 3.8) is 0 Å². The van der Waals surface area contributed by atoms with Gasteiger partial charge in [0.1, 0.15) is 0 Å². The van der Waals surface area contributed by atoms with Gasteiger partial charge in [-0.2, -0.15) is 0 Å². The molecule has 0 radical (unpaired) electrons. The second kappa shape index (κ2) is 7.66. The van der Waals surface area contributed by atoms with E-state index in [0.717, 1.165) is 27.7 Å². The number of rotatable bonds is 4. The number of benzene rings is 3. The molecule has 0 aliphatic carbocycles. The van der Waals surface area contributed by atoms with Crippen LogP contribution >= 0.6 is 0 Å². The zero-order valence-electron chi connectivity index (χ0n) is 14.7. The minimum absolute atomic E-state index is 0.0702. The normalized spacial score (nSPS) is 10.8. The number of fused-ring (bicyclic) bond motifs is 1. The van der Waals surface area contributed by atoms with Crippen LogP contribution in [0.15, 0.2) is 72.8 Å². The fraction of sp³-hybridized carbons (Fsp3) is 0.0909. The molecule has 0 heterocycles. The molecule has 0 aliphatic rings. The van der Waals surface area contributed by atoms with Gasteiger partial charge in [0.25, 0.3) is 0 Å². The van der Waals surface area contributed by atoms with E-state index in [-0.39, 0.29) is 5.91 Å². The van der Waals surface area contributed by atoms with E-state index in [1.807, 2.05) is 66.7 Å². The van der Waals surface area contributed by atoms with Crippen LogP contribution in [0.1, 0.15) is 12.5 Å². The molecule has 0 unspecified atom stereocenters. The van der Waals surface area contributed by atoms with Crippen molar-refractivity contribution in [2.45, 2.75) is 6.92 Å². The second-order valence-electron chi connectivity index (χ2n) is 5.80. The van der Waals surface area contributed by atoms with Crippen molar-refractivity contribution in [3.05, 3.63) is 78.4 Å². The van der Waals surface area contributed by atoms with Crippen LogP contribution in [0.4, 0.5) is 11.4 Å². The first-order valence-electron chi connectivity index (χ1n) is 8.24. The van der Waals surface area contributed by atoms with Gasteiger partial charge >= 0.3 is 5.97 Å². The summed E-state index contributed by atoms with van der Waals surface area (Å²) in [5.74, 6) is -0.477. The van der Waals surface area contributed by atoms with Gasteiger partial charge in [0.05, 0.1) is 12.8 Å². The number of hydrogen-bond donors (Lipinski definition) is 0. The Kier molecular flexibility index (Phi) is 5.13. The van der Waals surface area contributed by atoms with E-state index in [1.165, 1.54) is 13.2 Å². The highest BCUT2D eigenvalue weighted by Crippen LogP contribution is 2.32. The van der Waals surface area contributed by atoms with E-state index in [0.29, 0.717) is 0 Å². The maximum atomic E-state index is 12.4. The number of nitrogens with zero attached hydrogens (tertiary/aromatic N) is 1. The molecule has 130 valence electrons. The van der Waals surface area contributed by atoms with Crippen LogP contribution in [-0.2, 0) is 14.3 Å². The quantitative estimate of drug-likeness (QED) is 0.508. The van der Waals surface area contributed by atoms with Gasteiger partial charge in [-0.3, -0.25) is 9.69 Å². The maximum absolute atomic E-state index is 12.4. The average Bonchev–Trinajstić information content (AvgIpc) is 2.67. The molecule has 3 rings (SSSR count). The highest BCUT2D eigenvalue weighted by Gasteiger charge is 2.16. The molecule has 3 aromatic rings. The highest BCUT2D eigenvalue weighted by molar-refractivity contribution is 6.07. The van der Waals surface area contributed by atoms with Gasteiger partial charge in [0.2, 0.25) is 5.91 Å². The third-order valence-corrected chi connectivity index (χ3v) is 4.09. The number of hydrogen-bond acceptors (Lipinski definition) is 3. The minimum atomic E-state index is -0.407. The highest BCUT2D eigenvalue weighted by atomic mass is 16.5. The summed E-state index contributed by atoms with van der Waals surface area (Å²) in [4.78, 5) is 25.3. The lowest BCUT2D eigenvalue weighted by Crippen LogP contribution is -2.22. The Labute approximate surface area is 152 Å². The largest absolute Gasteiger partial charge is 0.466 e. The summed E-state index contributed by atoms with van der Waals surface area (Å²) in [5, 5.41) is 2.09. The lowest BCUT2D eigenvalue weighted by molar-refractivity contribution is -0.134. The second-order valence-corrected chi connectivity index (χ2v) is 5.80. The van der Waals surface area contributed by atoms with Gasteiger partial charge in [-0.25, -0.2) is 4.79 Å². The molecule has 0 aliphatic heterocycles. The topological polar surface area (TPSA) is 46.6 Å². The third-order valence-electron chi connectivity index (χ3n) is 4.09. The van der Waals surface area contributed by atoms with Crippen LogP contribution in [0.5, 0.6) is 0 Å². The van der Waals surface area contributed by atoms with Crippen LogP contribution in [0, 0.1) is 0 Å². The lowest BCUT2D eigenvalue weighted by atomic mass is 10.1. The fourth-order valence-electron chi connectivity index (χ4n) is 2.86. The van der Waals surface area contributed by atoms with E-state index in [1.54, 1.807) is 17.9 Å². The van der Waals surface area contributed by atoms with Gasteiger partial charge in [0.15, 0.2) is 0 Å². The first-order valence-corrected chi connectivity index (χ1v) is 8.24. The molecular weight excluding hydrogens is 326 g/mol. The summed E-state index contributed by atoms with van der Waals surface area (Å²) in [6, 6.07) is 21.3. The van der Waals surface area contributed by atoms with Crippen molar-refractivity contribution in [3.8, 4) is 0 Å². The van der Waals surface area contributed by atoms with Crippen molar-refractivity contribution in [1.29, 1.82) is 0 Å². The molecule has 4 nitrogen and oxygen atoms in total. The summed E-state index contributed by atoms with van der Waals surface area (Å²) in [7, 11) is 1.34. The molecule has 0 spiro atoms. The summed E-state index contributed by atoms with van der Waals surface area (Å²) >= 11 is 0. The molecule has 26 heavy (non-hydrogen) atoms. The van der Waals surface area contributed by atoms with Crippen LogP contribution in [0.25, 0.3) is 16.8 Å². The van der Waals surface area contributed by atoms with Gasteiger partial charge in [-0.05, 0) is 35.2 Å². The molecule has 1 amide bonds. The Morgan fingerprint density at radius 3 is 2.31 bits per heavy atom. The smallest absolute Gasteiger partial charge is 0.330 e. The summed E-state index contributed by atoms with van der Waals surface area (Å²) in [6.07, 6.45) is 3.04. The summed E-state index contributed by atoms with van der Waals surface area (Å²) < 4.78 is 4.59. The van der Waals surface area contributed by atoms with Crippen LogP contribution in [-0.4, -0.2) is 19.0 Å². The Balaban J connectivity index is 1.99. The number of ether oxygens (including phenoxy) is 1. The molecule has 0 atom stereocenters. The van der Waals surface area contributed by atoms with Crippen LogP contribution in [0.2, 0.25) is 0 Å². The van der Waals surface area contributed by atoms with Crippen molar-refractivity contribution in [2.75, 3.05) is 12.0 Å². The van der Waals surface area contributed by atoms with Gasteiger partial charge in [-0.15, -0.1) is 0 Å². The number of esters is 1. The molecule has 0 saturated heterocycles. The van der Waals surface area contributed by atoms with Gasteiger partial charge in [-0.1, -0.05) is 48.5 Å². The van der Waals surface area contributed by atoms with E-state index >= 15 is 0 Å². The Hall–Kier alpha value is -3.40. The standard InChI is InChI=1S/C22H19NO3/c1-16(24)23(21-9-5-7-18-6-3-4-8-20(18)21)19-13-10-17(11-14-19)12-15-22(25)26-2/h3-15H,1-2H3. The monoisotopic (exact) mass is 345 g/mol. The Morgan fingerprint density at radius 2 is 1.62 bits per heavy atom. The third kappa shape index (κ3) is 3.64. The zero-order valence-corrected chi connectivity index (χ0v) is 14.7. The van der Waals surface area contributed by atoms with Crippen molar-refractivity contribution in [1.82, 2.24) is 0 Å². The predicted molar refractivity (Wildman–Crippen MR) is 104 cm³/mol. The first-order chi connectivity index (χ1) is 12.6. The summed E-state index contributed by atoms with van der Waals surface area (Å²) in [6.45, 7) is 1.55.